The van der Waals surface area contributed by atoms with Crippen molar-refractivity contribution in [1.82, 2.24) is 5.32 Å². The molecule has 5 nitrogen and oxygen atoms in total. The van der Waals surface area contributed by atoms with Crippen LogP contribution in [0, 0.1) is 0 Å². The van der Waals surface area contributed by atoms with Gasteiger partial charge in [0.25, 0.3) is 5.91 Å². The summed E-state index contributed by atoms with van der Waals surface area (Å²) in [6, 6.07) is 19.7. The van der Waals surface area contributed by atoms with Crippen molar-refractivity contribution in [3.63, 3.8) is 0 Å². The minimum Gasteiger partial charge on any atom is -0.493 e. The molecule has 3 aromatic rings. The lowest BCUT2D eigenvalue weighted by molar-refractivity contribution is -0.139. The molecule has 0 saturated heterocycles. The molecule has 0 aliphatic heterocycles. The predicted octanol–water partition coefficient (Wildman–Crippen LogP) is 4.05. The van der Waals surface area contributed by atoms with Crippen molar-refractivity contribution in [3.05, 3.63) is 77.9 Å². The highest BCUT2D eigenvalue weighted by Gasteiger charge is 2.21. The summed E-state index contributed by atoms with van der Waals surface area (Å²) in [6.45, 7) is 2.23. The van der Waals surface area contributed by atoms with E-state index in [4.69, 9.17) is 4.74 Å². The number of rotatable bonds is 8. The van der Waals surface area contributed by atoms with Crippen LogP contribution in [-0.2, 0) is 11.2 Å². The van der Waals surface area contributed by atoms with Crippen molar-refractivity contribution in [1.29, 1.82) is 0 Å². The molecule has 144 valence electrons. The van der Waals surface area contributed by atoms with E-state index in [1.54, 1.807) is 12.1 Å². The SMILES string of the molecule is CCc1ccccc1OCCC(NC(=O)c1ccc2ccccc2c1)C(=O)O. The summed E-state index contributed by atoms with van der Waals surface area (Å²) in [5.74, 6) is -0.747. The lowest BCUT2D eigenvalue weighted by Crippen LogP contribution is -2.41. The molecule has 2 N–H and O–H groups in total. The highest BCUT2D eigenvalue weighted by atomic mass is 16.5. The molecular weight excluding hydrogens is 354 g/mol. The number of hydrogen-bond donors (Lipinski definition) is 2. The van der Waals surface area contributed by atoms with Gasteiger partial charge in [-0.05, 0) is 41.0 Å². The first kappa shape index (κ1) is 19.4. The monoisotopic (exact) mass is 377 g/mol. The van der Waals surface area contributed by atoms with Gasteiger partial charge in [0.2, 0.25) is 0 Å². The van der Waals surface area contributed by atoms with Gasteiger partial charge in [0, 0.05) is 12.0 Å². The van der Waals surface area contributed by atoms with Crippen molar-refractivity contribution in [2.45, 2.75) is 25.8 Å². The first-order valence-electron chi connectivity index (χ1n) is 9.31. The van der Waals surface area contributed by atoms with E-state index in [1.807, 2.05) is 61.5 Å². The van der Waals surface area contributed by atoms with Crippen LogP contribution >= 0.6 is 0 Å². The smallest absolute Gasteiger partial charge is 0.326 e. The second-order valence-corrected chi connectivity index (χ2v) is 6.52. The average Bonchev–Trinajstić information content (AvgIpc) is 2.72. The van der Waals surface area contributed by atoms with E-state index in [9.17, 15) is 14.7 Å². The minimum absolute atomic E-state index is 0.173. The minimum atomic E-state index is -1.08. The molecule has 0 fully saturated rings. The van der Waals surface area contributed by atoms with Crippen LogP contribution in [0.3, 0.4) is 0 Å². The summed E-state index contributed by atoms with van der Waals surface area (Å²) in [7, 11) is 0. The van der Waals surface area contributed by atoms with E-state index in [0.717, 1.165) is 28.5 Å². The zero-order valence-electron chi connectivity index (χ0n) is 15.7. The zero-order valence-corrected chi connectivity index (χ0v) is 15.7. The number of nitrogens with one attached hydrogen (secondary N) is 1. The van der Waals surface area contributed by atoms with Gasteiger partial charge in [-0.15, -0.1) is 0 Å². The quantitative estimate of drug-likeness (QED) is 0.621. The van der Waals surface area contributed by atoms with Gasteiger partial charge in [-0.1, -0.05) is 55.5 Å². The highest BCUT2D eigenvalue weighted by molar-refractivity contribution is 6.00. The molecule has 1 unspecified atom stereocenters. The Hall–Kier alpha value is -3.34. The number of benzene rings is 3. The fraction of sp³-hybridized carbons (Fsp3) is 0.217. The Morgan fingerprint density at radius 1 is 1.00 bits per heavy atom. The van der Waals surface area contributed by atoms with Crippen LogP contribution < -0.4 is 10.1 Å². The van der Waals surface area contributed by atoms with E-state index in [1.165, 1.54) is 0 Å². The number of carbonyl (C=O) groups is 2. The fourth-order valence-corrected chi connectivity index (χ4v) is 3.05. The third-order valence-electron chi connectivity index (χ3n) is 4.63. The summed E-state index contributed by atoms with van der Waals surface area (Å²) in [4.78, 5) is 24.1. The molecule has 3 rings (SSSR count). The molecule has 0 aliphatic rings. The van der Waals surface area contributed by atoms with Gasteiger partial charge in [0.1, 0.15) is 11.8 Å². The number of carboxylic acid groups (broad SMARTS) is 1. The second-order valence-electron chi connectivity index (χ2n) is 6.52. The Morgan fingerprint density at radius 3 is 2.46 bits per heavy atom. The first-order valence-corrected chi connectivity index (χ1v) is 9.31. The van der Waals surface area contributed by atoms with Gasteiger partial charge in [0.05, 0.1) is 6.61 Å². The van der Waals surface area contributed by atoms with Crippen molar-refractivity contribution in [2.75, 3.05) is 6.61 Å². The van der Waals surface area contributed by atoms with E-state index in [-0.39, 0.29) is 13.0 Å². The van der Waals surface area contributed by atoms with Gasteiger partial charge in [-0.3, -0.25) is 4.79 Å². The topological polar surface area (TPSA) is 75.6 Å². The molecule has 1 amide bonds. The van der Waals surface area contributed by atoms with Crippen molar-refractivity contribution in [3.8, 4) is 5.75 Å². The van der Waals surface area contributed by atoms with E-state index in [0.29, 0.717) is 5.56 Å². The largest absolute Gasteiger partial charge is 0.493 e. The normalized spacial score (nSPS) is 11.8. The number of aryl methyl sites for hydroxylation is 1. The molecule has 0 aliphatic carbocycles. The van der Waals surface area contributed by atoms with Gasteiger partial charge in [-0.2, -0.15) is 0 Å². The maximum Gasteiger partial charge on any atom is 0.326 e. The molecule has 0 saturated carbocycles. The lowest BCUT2D eigenvalue weighted by atomic mass is 10.1. The Kier molecular flexibility index (Phi) is 6.27. The fourth-order valence-electron chi connectivity index (χ4n) is 3.05. The Bertz CT molecular complexity index is 983. The van der Waals surface area contributed by atoms with Crippen LogP contribution in [0.25, 0.3) is 10.8 Å². The molecule has 1 atom stereocenters. The third-order valence-corrected chi connectivity index (χ3v) is 4.63. The predicted molar refractivity (Wildman–Crippen MR) is 109 cm³/mol. The van der Waals surface area contributed by atoms with Crippen LogP contribution in [0.2, 0.25) is 0 Å². The number of para-hydroxylation sites is 1. The molecule has 0 aromatic heterocycles. The highest BCUT2D eigenvalue weighted by Crippen LogP contribution is 2.19. The van der Waals surface area contributed by atoms with E-state index in [2.05, 4.69) is 5.32 Å². The Balaban J connectivity index is 1.63. The summed E-state index contributed by atoms with van der Waals surface area (Å²) in [5, 5.41) is 14.0. The maximum atomic E-state index is 12.5. The summed E-state index contributed by atoms with van der Waals surface area (Å²) in [6.07, 6.45) is 1.00. The molecule has 0 bridgehead atoms. The number of aliphatic carboxylic acids is 1. The van der Waals surface area contributed by atoms with Crippen LogP contribution in [-0.4, -0.2) is 29.6 Å². The first-order chi connectivity index (χ1) is 13.6. The lowest BCUT2D eigenvalue weighted by Gasteiger charge is -2.16. The zero-order chi connectivity index (χ0) is 19.9. The van der Waals surface area contributed by atoms with E-state index >= 15 is 0 Å². The summed E-state index contributed by atoms with van der Waals surface area (Å²) >= 11 is 0. The Labute approximate surface area is 164 Å². The molecule has 5 heteroatoms. The van der Waals surface area contributed by atoms with Crippen LogP contribution in [0.4, 0.5) is 0 Å². The number of carbonyl (C=O) groups excluding carboxylic acids is 1. The third kappa shape index (κ3) is 4.68. The molecular formula is C23H23NO4. The van der Waals surface area contributed by atoms with Gasteiger partial charge >= 0.3 is 5.97 Å². The number of amides is 1. The summed E-state index contributed by atoms with van der Waals surface area (Å²) < 4.78 is 5.74. The van der Waals surface area contributed by atoms with Crippen molar-refractivity contribution < 1.29 is 19.4 Å². The maximum absolute atomic E-state index is 12.5. The summed E-state index contributed by atoms with van der Waals surface area (Å²) in [5.41, 5.74) is 1.50. The number of carboxylic acids is 1. The van der Waals surface area contributed by atoms with Crippen LogP contribution in [0.15, 0.2) is 66.7 Å². The molecule has 0 radical (unpaired) electrons. The van der Waals surface area contributed by atoms with Gasteiger partial charge in [0.15, 0.2) is 0 Å². The number of hydrogen-bond acceptors (Lipinski definition) is 3. The standard InChI is InChI=1S/C23H23NO4/c1-2-16-7-5-6-10-21(16)28-14-13-20(23(26)27)24-22(25)19-12-11-17-8-3-4-9-18(17)15-19/h3-12,15,20H,2,13-14H2,1H3,(H,24,25)(H,26,27). The van der Waals surface area contributed by atoms with Gasteiger partial charge < -0.3 is 15.2 Å². The Morgan fingerprint density at radius 2 is 1.71 bits per heavy atom. The number of fused-ring (bicyclic) bond motifs is 1. The van der Waals surface area contributed by atoms with Crippen LogP contribution in [0.1, 0.15) is 29.3 Å². The van der Waals surface area contributed by atoms with Crippen molar-refractivity contribution >= 4 is 22.6 Å². The molecule has 0 spiro atoms. The molecule has 3 aromatic carbocycles. The van der Waals surface area contributed by atoms with E-state index < -0.39 is 17.9 Å². The van der Waals surface area contributed by atoms with Gasteiger partial charge in [-0.25, -0.2) is 4.79 Å². The second kappa shape index (κ2) is 9.04. The average molecular weight is 377 g/mol. The van der Waals surface area contributed by atoms with Crippen LogP contribution in [0.5, 0.6) is 5.75 Å². The van der Waals surface area contributed by atoms with Crippen molar-refractivity contribution in [2.24, 2.45) is 0 Å². The molecule has 28 heavy (non-hydrogen) atoms. The number of ether oxygens (including phenoxy) is 1. The molecule has 0 heterocycles.